The summed E-state index contributed by atoms with van der Waals surface area (Å²) < 4.78 is 14.1. The van der Waals surface area contributed by atoms with E-state index in [1.807, 2.05) is 36.4 Å². The van der Waals surface area contributed by atoms with Crippen LogP contribution in [-0.4, -0.2) is 44.2 Å². The first-order chi connectivity index (χ1) is 17.2. The lowest BCUT2D eigenvalue weighted by Gasteiger charge is -2.22. The Kier molecular flexibility index (Phi) is 6.15. The number of pyridine rings is 1. The number of anilines is 5. The Hall–Kier alpha value is -3.89. The van der Waals surface area contributed by atoms with Crippen LogP contribution in [0.2, 0.25) is 5.02 Å². The molecule has 36 heavy (non-hydrogen) atoms. The first-order valence-corrected chi connectivity index (χ1v) is 13.6. The maximum absolute atomic E-state index is 12.5. The van der Waals surface area contributed by atoms with Crippen LogP contribution in [0, 0.1) is 0 Å². The maximum atomic E-state index is 12.5. The summed E-state index contributed by atoms with van der Waals surface area (Å²) >= 11 is 6.25. The molecule has 0 radical (unpaired) electrons. The van der Waals surface area contributed by atoms with E-state index in [1.165, 1.54) is 0 Å². The van der Waals surface area contributed by atoms with E-state index < -0.39 is 9.71 Å². The molecular weight excluding hydrogens is 498 g/mol. The Labute approximate surface area is 214 Å². The van der Waals surface area contributed by atoms with Gasteiger partial charge in [-0.25, -0.2) is 14.2 Å². The number of hydrogen-bond acceptors (Lipinski definition) is 7. The lowest BCUT2D eigenvalue weighted by atomic mass is 10.1. The number of halogens is 1. The van der Waals surface area contributed by atoms with Crippen molar-refractivity contribution in [3.05, 3.63) is 70.9 Å². The molecule has 4 aromatic rings. The van der Waals surface area contributed by atoms with Crippen molar-refractivity contribution in [2.24, 2.45) is 0 Å². The van der Waals surface area contributed by atoms with Crippen LogP contribution in [0.3, 0.4) is 0 Å². The van der Waals surface area contributed by atoms with Gasteiger partial charge in [-0.1, -0.05) is 17.7 Å². The first-order valence-electron chi connectivity index (χ1n) is 11.1. The van der Waals surface area contributed by atoms with Crippen LogP contribution in [0.5, 0.6) is 0 Å². The minimum atomic E-state index is -2.48. The topological polar surface area (TPSA) is 112 Å². The van der Waals surface area contributed by atoms with E-state index in [9.17, 15) is 9.00 Å². The van der Waals surface area contributed by atoms with Crippen LogP contribution in [0.15, 0.2) is 54.7 Å². The number of fused-ring (bicyclic) bond motifs is 2. The number of nitrogens with zero attached hydrogens (tertiary/aromatic N) is 4. The molecular formula is C25H24ClN7O2S. The lowest BCUT2D eigenvalue weighted by Crippen LogP contribution is -2.27. The Morgan fingerprint density at radius 3 is 2.83 bits per heavy atom. The van der Waals surface area contributed by atoms with Crippen molar-refractivity contribution < 1.29 is 9.00 Å². The maximum Gasteiger partial charge on any atom is 0.229 e. The summed E-state index contributed by atoms with van der Waals surface area (Å²) in [6, 6.07) is 14.8. The fraction of sp³-hybridized carbons (Fsp3) is 0.160. The molecule has 1 unspecified atom stereocenters. The van der Waals surface area contributed by atoms with E-state index in [1.54, 1.807) is 35.9 Å². The predicted octanol–water partition coefficient (Wildman–Crippen LogP) is 4.23. The number of rotatable bonds is 7. The van der Waals surface area contributed by atoms with Gasteiger partial charge in [-0.3, -0.25) is 9.10 Å². The van der Waals surface area contributed by atoms with Gasteiger partial charge >= 0.3 is 0 Å². The van der Waals surface area contributed by atoms with Crippen molar-refractivity contribution in [2.75, 3.05) is 33.6 Å². The van der Waals surface area contributed by atoms with Crippen molar-refractivity contribution in [1.82, 2.24) is 15.0 Å². The normalized spacial score (nSPS) is 14.1. The Bertz CT molecular complexity index is 1610. The Morgan fingerprint density at radius 1 is 1.19 bits per heavy atom. The van der Waals surface area contributed by atoms with Gasteiger partial charge in [0.2, 0.25) is 11.9 Å². The molecule has 2 aromatic heterocycles. The first kappa shape index (κ1) is 23.8. The second-order valence-corrected chi connectivity index (χ2v) is 11.5. The summed E-state index contributed by atoms with van der Waals surface area (Å²) in [6.45, 7) is 0.379. The molecule has 9 nitrogen and oxygen atoms in total. The van der Waals surface area contributed by atoms with Crippen molar-refractivity contribution >= 4 is 72.9 Å². The molecule has 2 aromatic carbocycles. The van der Waals surface area contributed by atoms with E-state index in [2.05, 4.69) is 31.8 Å². The molecule has 0 saturated heterocycles. The molecule has 1 amide bonds. The highest BCUT2D eigenvalue weighted by atomic mass is 35.5. The summed E-state index contributed by atoms with van der Waals surface area (Å²) in [4.78, 5) is 25.5. The monoisotopic (exact) mass is 521 g/mol. The van der Waals surface area contributed by atoms with Crippen molar-refractivity contribution in [3.63, 3.8) is 0 Å². The molecule has 3 N–H and O–H groups in total. The van der Waals surface area contributed by atoms with Crippen LogP contribution in [0.4, 0.5) is 29.0 Å². The largest absolute Gasteiger partial charge is 0.365 e. The summed E-state index contributed by atoms with van der Waals surface area (Å²) in [5.41, 5.74) is 4.00. The molecule has 0 saturated carbocycles. The van der Waals surface area contributed by atoms with Gasteiger partial charge in [0.1, 0.15) is 11.6 Å². The van der Waals surface area contributed by atoms with Gasteiger partial charge in [-0.05, 0) is 53.9 Å². The highest BCUT2D eigenvalue weighted by Crippen LogP contribution is 2.30. The van der Waals surface area contributed by atoms with Gasteiger partial charge in [0.05, 0.1) is 11.9 Å². The predicted molar refractivity (Wildman–Crippen MR) is 148 cm³/mol. The van der Waals surface area contributed by atoms with Crippen molar-refractivity contribution in [2.45, 2.75) is 13.0 Å². The zero-order valence-corrected chi connectivity index (χ0v) is 21.3. The molecule has 1 aliphatic heterocycles. The Balaban J connectivity index is 1.47. The number of nitrogens with one attached hydrogen (secondary N) is 3. The molecule has 5 rings (SSSR count). The van der Waals surface area contributed by atoms with Crippen LogP contribution in [0.1, 0.15) is 11.1 Å². The van der Waals surface area contributed by atoms with Gasteiger partial charge in [-0.15, -0.1) is 0 Å². The van der Waals surface area contributed by atoms with E-state index in [4.69, 9.17) is 16.6 Å². The fourth-order valence-corrected chi connectivity index (χ4v) is 4.64. The van der Waals surface area contributed by atoms with E-state index in [-0.39, 0.29) is 5.91 Å². The number of carbonyl (C=O) groups is 1. The number of carbonyl (C=O) groups excluding carboxylic acids is 1. The molecule has 11 heteroatoms. The second-order valence-electron chi connectivity index (χ2n) is 8.58. The standard InChI is InChI=1S/C25H24ClN7O2S/c1-33(36(2,3)35)24-15(5-4-10-27-24)14-28-23-19-8-6-17(26)13-21(19)31-25(32-23)29-18-7-9-20-16(11-18)12-22(34)30-20/h4-11,13H,2,12,14H2,1,3H3,(H,30,34)(H2,28,29,31,32). The van der Waals surface area contributed by atoms with Gasteiger partial charge in [0.25, 0.3) is 0 Å². The van der Waals surface area contributed by atoms with E-state index in [0.717, 1.165) is 27.9 Å². The zero-order valence-electron chi connectivity index (χ0n) is 19.7. The van der Waals surface area contributed by atoms with Gasteiger partial charge < -0.3 is 16.0 Å². The number of amides is 1. The smallest absolute Gasteiger partial charge is 0.229 e. The van der Waals surface area contributed by atoms with Crippen molar-refractivity contribution in [3.8, 4) is 0 Å². The average molecular weight is 522 g/mol. The van der Waals surface area contributed by atoms with E-state index in [0.29, 0.717) is 41.1 Å². The minimum absolute atomic E-state index is 0.0246. The van der Waals surface area contributed by atoms with Crippen LogP contribution < -0.4 is 20.3 Å². The third-order valence-electron chi connectivity index (χ3n) is 5.84. The molecule has 0 aliphatic carbocycles. The molecule has 1 atom stereocenters. The van der Waals surface area contributed by atoms with Gasteiger partial charge in [-0.2, -0.15) is 4.98 Å². The van der Waals surface area contributed by atoms with Gasteiger partial charge in [0.15, 0.2) is 0 Å². The fourth-order valence-electron chi connectivity index (χ4n) is 3.94. The van der Waals surface area contributed by atoms with Gasteiger partial charge in [0, 0.05) is 63.1 Å². The average Bonchev–Trinajstić information content (AvgIpc) is 3.20. The molecule has 0 fully saturated rings. The molecule has 3 heterocycles. The van der Waals surface area contributed by atoms with Crippen molar-refractivity contribution in [1.29, 1.82) is 0 Å². The van der Waals surface area contributed by atoms with Crippen LogP contribution >= 0.6 is 11.6 Å². The summed E-state index contributed by atoms with van der Waals surface area (Å²) in [5.74, 6) is 5.29. The lowest BCUT2D eigenvalue weighted by molar-refractivity contribution is -0.115. The minimum Gasteiger partial charge on any atom is -0.365 e. The van der Waals surface area contributed by atoms with Crippen LogP contribution in [0.25, 0.3) is 10.9 Å². The summed E-state index contributed by atoms with van der Waals surface area (Å²) in [6.07, 6.45) is 3.57. The second kappa shape index (κ2) is 9.29. The number of hydrogen-bond donors (Lipinski definition) is 3. The highest BCUT2D eigenvalue weighted by molar-refractivity contribution is 8.00. The number of aromatic nitrogens is 3. The third-order valence-corrected chi connectivity index (χ3v) is 7.40. The highest BCUT2D eigenvalue weighted by Gasteiger charge is 2.18. The molecule has 0 bridgehead atoms. The SMILES string of the molecule is C=S(C)(=O)N(C)c1ncccc1CNc1nc(Nc2ccc3c(c2)CC(=O)N3)nc2cc(Cl)ccc12. The quantitative estimate of drug-likeness (QED) is 0.312. The van der Waals surface area contributed by atoms with E-state index >= 15 is 0 Å². The third kappa shape index (κ3) is 4.91. The molecule has 1 aliphatic rings. The summed E-state index contributed by atoms with van der Waals surface area (Å²) in [5, 5.41) is 10.8. The number of benzene rings is 2. The molecule has 184 valence electrons. The molecule has 0 spiro atoms. The van der Waals surface area contributed by atoms with Crippen LogP contribution in [-0.2, 0) is 27.5 Å². The zero-order chi connectivity index (χ0) is 25.4. The summed E-state index contributed by atoms with van der Waals surface area (Å²) in [7, 11) is -0.769. The Morgan fingerprint density at radius 2 is 2.03 bits per heavy atom.